The number of hydrogen-bond acceptors (Lipinski definition) is 4. The Kier molecular flexibility index (Phi) is 5.50. The van der Waals surface area contributed by atoms with E-state index in [1.807, 2.05) is 49.0 Å². The number of aryl methyl sites for hydroxylation is 1. The van der Waals surface area contributed by atoms with Crippen LogP contribution in [0.15, 0.2) is 41.8 Å². The summed E-state index contributed by atoms with van der Waals surface area (Å²) in [5.74, 6) is 0.958. The van der Waals surface area contributed by atoms with Gasteiger partial charge < -0.3 is 14.8 Å². The second-order valence-electron chi connectivity index (χ2n) is 6.26. The van der Waals surface area contributed by atoms with Crippen LogP contribution in [0.5, 0.6) is 0 Å². The molecule has 0 fully saturated rings. The predicted molar refractivity (Wildman–Crippen MR) is 103 cm³/mol. The van der Waals surface area contributed by atoms with Gasteiger partial charge in [-0.25, -0.2) is 4.98 Å². The van der Waals surface area contributed by atoms with Crippen molar-refractivity contribution in [1.82, 2.24) is 19.8 Å². The van der Waals surface area contributed by atoms with Gasteiger partial charge in [-0.1, -0.05) is 25.1 Å². The predicted octanol–water partition coefficient (Wildman–Crippen LogP) is 3.08. The highest BCUT2D eigenvalue weighted by Crippen LogP contribution is 2.22. The van der Waals surface area contributed by atoms with Gasteiger partial charge in [0.2, 0.25) is 5.91 Å². The van der Waals surface area contributed by atoms with E-state index in [1.54, 1.807) is 11.3 Å². The SMILES string of the molecule is CCc1nc2ccccc2n1CC(=O)NCC(c1cccs1)N(C)C. The fraction of sp³-hybridized carbons (Fsp3) is 0.368. The number of imidazole rings is 1. The highest BCUT2D eigenvalue weighted by atomic mass is 32.1. The molecule has 0 aliphatic heterocycles. The summed E-state index contributed by atoms with van der Waals surface area (Å²) in [6, 6.07) is 12.3. The fourth-order valence-electron chi connectivity index (χ4n) is 3.00. The third-order valence-electron chi connectivity index (χ3n) is 4.34. The maximum absolute atomic E-state index is 12.5. The van der Waals surface area contributed by atoms with Gasteiger partial charge in [0.05, 0.1) is 17.1 Å². The van der Waals surface area contributed by atoms with Gasteiger partial charge in [-0.3, -0.25) is 4.79 Å². The van der Waals surface area contributed by atoms with Crippen molar-refractivity contribution in [3.63, 3.8) is 0 Å². The third-order valence-corrected chi connectivity index (χ3v) is 5.31. The number of benzene rings is 1. The van der Waals surface area contributed by atoms with Gasteiger partial charge >= 0.3 is 0 Å². The number of likely N-dealkylation sites (N-methyl/N-ethyl adjacent to an activating group) is 1. The molecule has 0 aliphatic carbocycles. The molecule has 5 nitrogen and oxygen atoms in total. The highest BCUT2D eigenvalue weighted by Gasteiger charge is 2.17. The summed E-state index contributed by atoms with van der Waals surface area (Å²) < 4.78 is 2.01. The summed E-state index contributed by atoms with van der Waals surface area (Å²) in [6.45, 7) is 2.96. The van der Waals surface area contributed by atoms with Crippen LogP contribution in [-0.2, 0) is 17.8 Å². The van der Waals surface area contributed by atoms with Gasteiger partial charge in [0.25, 0.3) is 0 Å². The van der Waals surface area contributed by atoms with E-state index in [9.17, 15) is 4.79 Å². The van der Waals surface area contributed by atoms with E-state index < -0.39 is 0 Å². The first kappa shape index (κ1) is 17.6. The minimum atomic E-state index is 0.0151. The van der Waals surface area contributed by atoms with Crippen molar-refractivity contribution >= 4 is 28.3 Å². The molecule has 1 atom stereocenters. The van der Waals surface area contributed by atoms with Crippen LogP contribution in [0.2, 0.25) is 0 Å². The smallest absolute Gasteiger partial charge is 0.240 e. The zero-order valence-electron chi connectivity index (χ0n) is 14.9. The van der Waals surface area contributed by atoms with Gasteiger partial charge in [0.15, 0.2) is 0 Å². The normalized spacial score (nSPS) is 12.6. The van der Waals surface area contributed by atoms with E-state index in [4.69, 9.17) is 0 Å². The van der Waals surface area contributed by atoms with E-state index >= 15 is 0 Å². The fourth-order valence-corrected chi connectivity index (χ4v) is 3.92. The first-order valence-corrected chi connectivity index (χ1v) is 9.38. The Labute approximate surface area is 152 Å². The van der Waals surface area contributed by atoms with E-state index in [1.165, 1.54) is 4.88 Å². The van der Waals surface area contributed by atoms with Crippen LogP contribution < -0.4 is 5.32 Å². The molecule has 132 valence electrons. The largest absolute Gasteiger partial charge is 0.353 e. The molecule has 3 rings (SSSR count). The first-order chi connectivity index (χ1) is 12.1. The quantitative estimate of drug-likeness (QED) is 0.708. The number of thiophene rings is 1. The van der Waals surface area contributed by atoms with Crippen molar-refractivity contribution in [2.45, 2.75) is 25.9 Å². The maximum Gasteiger partial charge on any atom is 0.240 e. The number of fused-ring (bicyclic) bond motifs is 1. The molecule has 1 amide bonds. The zero-order chi connectivity index (χ0) is 17.8. The minimum absolute atomic E-state index is 0.0151. The second-order valence-corrected chi connectivity index (χ2v) is 7.23. The van der Waals surface area contributed by atoms with Crippen LogP contribution in [-0.4, -0.2) is 41.0 Å². The number of nitrogens with zero attached hydrogens (tertiary/aromatic N) is 3. The number of carbonyl (C=O) groups excluding carboxylic acids is 1. The van der Waals surface area contributed by atoms with Gasteiger partial charge in [0, 0.05) is 17.8 Å². The van der Waals surface area contributed by atoms with Crippen LogP contribution in [0.25, 0.3) is 11.0 Å². The van der Waals surface area contributed by atoms with Crippen LogP contribution in [0.4, 0.5) is 0 Å². The van der Waals surface area contributed by atoms with Crippen molar-refractivity contribution in [2.75, 3.05) is 20.6 Å². The Bertz CT molecular complexity index is 838. The Morgan fingerprint density at radius 3 is 2.76 bits per heavy atom. The van der Waals surface area contributed by atoms with E-state index in [2.05, 4.69) is 33.6 Å². The lowest BCUT2D eigenvalue weighted by atomic mass is 10.2. The minimum Gasteiger partial charge on any atom is -0.353 e. The van der Waals surface area contributed by atoms with E-state index in [0.717, 1.165) is 23.3 Å². The molecule has 2 heterocycles. The number of hydrogen-bond donors (Lipinski definition) is 1. The standard InChI is InChI=1S/C19H24N4OS/c1-4-18-21-14-8-5-6-9-15(14)23(18)13-19(24)20-12-16(22(2)3)17-10-7-11-25-17/h5-11,16H,4,12-13H2,1-3H3,(H,20,24). The maximum atomic E-state index is 12.5. The van der Waals surface area contributed by atoms with Crippen molar-refractivity contribution in [1.29, 1.82) is 0 Å². The molecule has 1 aromatic carbocycles. The van der Waals surface area contributed by atoms with E-state index in [-0.39, 0.29) is 11.9 Å². The average Bonchev–Trinajstić information content (AvgIpc) is 3.23. The number of rotatable bonds is 7. The molecule has 2 aromatic heterocycles. The molecule has 3 aromatic rings. The summed E-state index contributed by atoms with van der Waals surface area (Å²) in [4.78, 5) is 20.6. The number of para-hydroxylation sites is 2. The molecule has 1 N–H and O–H groups in total. The third kappa shape index (κ3) is 3.91. The van der Waals surface area contributed by atoms with Crippen molar-refractivity contribution in [2.24, 2.45) is 0 Å². The second kappa shape index (κ2) is 7.80. The number of nitrogens with one attached hydrogen (secondary N) is 1. The van der Waals surface area contributed by atoms with Crippen molar-refractivity contribution in [3.05, 3.63) is 52.5 Å². The summed E-state index contributed by atoms with van der Waals surface area (Å²) in [7, 11) is 4.07. The molecule has 0 aliphatic rings. The molecule has 0 saturated carbocycles. The molecule has 1 unspecified atom stereocenters. The van der Waals surface area contributed by atoms with Gasteiger partial charge in [-0.2, -0.15) is 0 Å². The molecule has 0 bridgehead atoms. The van der Waals surface area contributed by atoms with Crippen LogP contribution in [0.1, 0.15) is 23.7 Å². The average molecular weight is 356 g/mol. The molecular weight excluding hydrogens is 332 g/mol. The molecular formula is C19H24N4OS. The Balaban J connectivity index is 1.70. The zero-order valence-corrected chi connectivity index (χ0v) is 15.7. The topological polar surface area (TPSA) is 50.2 Å². The molecule has 0 saturated heterocycles. The van der Waals surface area contributed by atoms with Crippen LogP contribution in [0.3, 0.4) is 0 Å². The number of aromatic nitrogens is 2. The Hall–Kier alpha value is -2.18. The van der Waals surface area contributed by atoms with Gasteiger partial charge in [-0.05, 0) is 37.7 Å². The summed E-state index contributed by atoms with van der Waals surface area (Å²) in [6.07, 6.45) is 0.803. The summed E-state index contributed by atoms with van der Waals surface area (Å²) >= 11 is 1.72. The molecule has 25 heavy (non-hydrogen) atoms. The lowest BCUT2D eigenvalue weighted by Crippen LogP contribution is -2.36. The van der Waals surface area contributed by atoms with Crippen LogP contribution in [0, 0.1) is 0 Å². The van der Waals surface area contributed by atoms with Crippen molar-refractivity contribution in [3.8, 4) is 0 Å². The monoisotopic (exact) mass is 356 g/mol. The number of carbonyl (C=O) groups is 1. The lowest BCUT2D eigenvalue weighted by Gasteiger charge is -2.23. The first-order valence-electron chi connectivity index (χ1n) is 8.50. The Morgan fingerprint density at radius 1 is 1.28 bits per heavy atom. The lowest BCUT2D eigenvalue weighted by molar-refractivity contribution is -0.121. The van der Waals surface area contributed by atoms with Gasteiger partial charge in [0.1, 0.15) is 12.4 Å². The Morgan fingerprint density at radius 2 is 2.08 bits per heavy atom. The van der Waals surface area contributed by atoms with E-state index in [0.29, 0.717) is 13.1 Å². The summed E-state index contributed by atoms with van der Waals surface area (Å²) in [5, 5.41) is 5.15. The molecule has 0 spiro atoms. The van der Waals surface area contributed by atoms with Crippen molar-refractivity contribution < 1.29 is 4.79 Å². The van der Waals surface area contributed by atoms with Gasteiger partial charge in [-0.15, -0.1) is 11.3 Å². The van der Waals surface area contributed by atoms with Crippen LogP contribution >= 0.6 is 11.3 Å². The molecule has 0 radical (unpaired) electrons. The highest BCUT2D eigenvalue weighted by molar-refractivity contribution is 7.10. The number of amides is 1. The summed E-state index contributed by atoms with van der Waals surface area (Å²) in [5.41, 5.74) is 1.95. The molecule has 6 heteroatoms.